The molecule has 1 saturated heterocycles. The number of H-pyrrole nitrogens is 1. The summed E-state index contributed by atoms with van der Waals surface area (Å²) in [4.78, 5) is 50.5. The lowest BCUT2D eigenvalue weighted by molar-refractivity contribution is 0.0354. The van der Waals surface area contributed by atoms with Crippen LogP contribution in [0.4, 0.5) is 0 Å². The average Bonchev–Trinajstić information content (AvgIpc) is 2.81. The van der Waals surface area contributed by atoms with Gasteiger partial charge in [0.2, 0.25) is 0 Å². The Labute approximate surface area is 193 Å². The van der Waals surface area contributed by atoms with Crippen molar-refractivity contribution in [2.45, 2.75) is 23.5 Å². The van der Waals surface area contributed by atoms with E-state index in [1.807, 2.05) is 6.07 Å². The Balaban J connectivity index is 1.48. The number of carbonyl (C=O) groups is 2. The van der Waals surface area contributed by atoms with Crippen molar-refractivity contribution in [3.8, 4) is 0 Å². The molecule has 0 amide bonds. The third-order valence-electron chi connectivity index (χ3n) is 5.34. The van der Waals surface area contributed by atoms with Gasteiger partial charge in [0, 0.05) is 17.0 Å². The number of thioether (sulfide) groups is 1. The number of aromatic nitrogens is 2. The van der Waals surface area contributed by atoms with Gasteiger partial charge in [0.25, 0.3) is 5.56 Å². The van der Waals surface area contributed by atoms with Crippen LogP contribution in [0.2, 0.25) is 0 Å². The molecule has 0 radical (unpaired) electrons. The summed E-state index contributed by atoms with van der Waals surface area (Å²) in [5.74, 6) is -0.940. The van der Waals surface area contributed by atoms with Gasteiger partial charge in [0.1, 0.15) is 18.1 Å². The summed E-state index contributed by atoms with van der Waals surface area (Å²) >= 11 is 1.36. The lowest BCUT2D eigenvalue weighted by atomic mass is 10.1. The Morgan fingerprint density at radius 1 is 1.00 bits per heavy atom. The number of hydrogen-bond acceptors (Lipinski definition) is 7. The molecule has 0 bridgehead atoms. The van der Waals surface area contributed by atoms with Crippen molar-refractivity contribution < 1.29 is 19.1 Å². The molecule has 170 valence electrons. The van der Waals surface area contributed by atoms with Crippen LogP contribution >= 0.6 is 11.8 Å². The van der Waals surface area contributed by atoms with E-state index in [4.69, 9.17) is 9.47 Å². The number of benzene rings is 2. The van der Waals surface area contributed by atoms with E-state index in [1.54, 1.807) is 61.5 Å². The predicted octanol–water partition coefficient (Wildman–Crippen LogP) is 2.72. The summed E-state index contributed by atoms with van der Waals surface area (Å²) < 4.78 is 12.3. The zero-order chi connectivity index (χ0) is 23.4. The Kier molecular flexibility index (Phi) is 6.50. The van der Waals surface area contributed by atoms with E-state index in [0.717, 1.165) is 0 Å². The summed E-state index contributed by atoms with van der Waals surface area (Å²) in [5, 5.41) is -0.104. The second kappa shape index (κ2) is 9.50. The maximum absolute atomic E-state index is 12.6. The smallest absolute Gasteiger partial charge is 0.338 e. The summed E-state index contributed by atoms with van der Waals surface area (Å²) in [6, 6.07) is 17.2. The van der Waals surface area contributed by atoms with Gasteiger partial charge in [0.15, 0.2) is 0 Å². The van der Waals surface area contributed by atoms with Crippen LogP contribution in [0.5, 0.6) is 0 Å². The van der Waals surface area contributed by atoms with Crippen LogP contribution in [0.1, 0.15) is 32.7 Å². The molecule has 2 heterocycles. The highest BCUT2D eigenvalue weighted by atomic mass is 32.2. The largest absolute Gasteiger partial charge is 0.461 e. The third kappa shape index (κ3) is 4.93. The normalized spacial score (nSPS) is 19.4. The second-order valence-electron chi connectivity index (χ2n) is 7.74. The molecule has 33 heavy (non-hydrogen) atoms. The molecule has 3 aromatic rings. The molecule has 4 rings (SSSR count). The standard InChI is InChI=1S/C24H22N2O6S/c1-16-13-26(23(30)25-20(16)27)24(15-32-22(29)18-10-6-3-7-11-18)12-19(33-24)14-31-21(28)17-8-4-2-5-9-17/h2-11,13,19H,12,14-15H2,1H3,(H,25,27,30)/t19-,24+/m0/s1. The van der Waals surface area contributed by atoms with Crippen LogP contribution in [0.3, 0.4) is 0 Å². The topological polar surface area (TPSA) is 107 Å². The SMILES string of the molecule is Cc1cn([C@]2(COC(=O)c3ccccc3)C[C@@H](COC(=O)c3ccccc3)S2)c(=O)[nH]c1=O. The number of esters is 2. The van der Waals surface area contributed by atoms with E-state index in [0.29, 0.717) is 23.1 Å². The van der Waals surface area contributed by atoms with Crippen molar-refractivity contribution in [1.82, 2.24) is 9.55 Å². The Bertz CT molecular complexity index is 1260. The first-order valence-corrected chi connectivity index (χ1v) is 11.2. The quantitative estimate of drug-likeness (QED) is 0.534. The van der Waals surface area contributed by atoms with E-state index in [1.165, 1.54) is 22.5 Å². The average molecular weight is 467 g/mol. The Morgan fingerprint density at radius 2 is 1.55 bits per heavy atom. The molecule has 1 N–H and O–H groups in total. The highest BCUT2D eigenvalue weighted by Gasteiger charge is 2.49. The molecule has 0 saturated carbocycles. The Morgan fingerprint density at radius 3 is 2.12 bits per heavy atom. The molecule has 2 atom stereocenters. The predicted molar refractivity (Wildman–Crippen MR) is 123 cm³/mol. The molecular formula is C24H22N2O6S. The number of nitrogens with zero attached hydrogens (tertiary/aromatic N) is 1. The number of ether oxygens (including phenoxy) is 2. The fraction of sp³-hybridized carbons (Fsp3) is 0.250. The van der Waals surface area contributed by atoms with E-state index in [-0.39, 0.29) is 18.5 Å². The van der Waals surface area contributed by atoms with Crippen molar-refractivity contribution in [3.05, 3.63) is 104 Å². The molecule has 0 unspecified atom stereocenters. The fourth-order valence-corrected chi connectivity index (χ4v) is 5.09. The van der Waals surface area contributed by atoms with Crippen LogP contribution in [-0.2, 0) is 14.3 Å². The van der Waals surface area contributed by atoms with Crippen molar-refractivity contribution >= 4 is 23.7 Å². The summed E-state index contributed by atoms with van der Waals surface area (Å²) in [5.41, 5.74) is 0.162. The zero-order valence-electron chi connectivity index (χ0n) is 17.9. The van der Waals surface area contributed by atoms with Gasteiger partial charge in [-0.05, 0) is 37.6 Å². The van der Waals surface area contributed by atoms with Crippen LogP contribution in [-0.4, -0.2) is 40.0 Å². The molecule has 9 heteroatoms. The third-order valence-corrected chi connectivity index (χ3v) is 6.90. The molecule has 8 nitrogen and oxygen atoms in total. The first kappa shape index (κ1) is 22.6. The van der Waals surface area contributed by atoms with Gasteiger partial charge in [-0.25, -0.2) is 14.4 Å². The van der Waals surface area contributed by atoms with E-state index >= 15 is 0 Å². The molecule has 1 fully saturated rings. The lowest BCUT2D eigenvalue weighted by Crippen LogP contribution is -2.54. The fourth-order valence-electron chi connectivity index (χ4n) is 3.60. The van der Waals surface area contributed by atoms with Crippen LogP contribution in [0.25, 0.3) is 0 Å². The molecule has 0 spiro atoms. The van der Waals surface area contributed by atoms with Crippen molar-refractivity contribution in [2.24, 2.45) is 0 Å². The molecular weight excluding hydrogens is 444 g/mol. The van der Waals surface area contributed by atoms with Gasteiger partial charge in [-0.3, -0.25) is 14.3 Å². The van der Waals surface area contributed by atoms with Crippen LogP contribution in [0, 0.1) is 6.92 Å². The van der Waals surface area contributed by atoms with Gasteiger partial charge >= 0.3 is 17.6 Å². The van der Waals surface area contributed by atoms with E-state index < -0.39 is 28.1 Å². The second-order valence-corrected chi connectivity index (χ2v) is 9.40. The first-order chi connectivity index (χ1) is 15.9. The van der Waals surface area contributed by atoms with Gasteiger partial charge in [-0.15, -0.1) is 11.8 Å². The number of aromatic amines is 1. The van der Waals surface area contributed by atoms with Crippen molar-refractivity contribution in [2.75, 3.05) is 13.2 Å². The molecule has 0 aliphatic carbocycles. The minimum atomic E-state index is -0.916. The maximum Gasteiger partial charge on any atom is 0.338 e. The van der Waals surface area contributed by atoms with Crippen LogP contribution < -0.4 is 11.2 Å². The number of hydrogen-bond donors (Lipinski definition) is 1. The van der Waals surface area contributed by atoms with Gasteiger partial charge in [-0.2, -0.15) is 0 Å². The first-order valence-electron chi connectivity index (χ1n) is 10.3. The summed E-state index contributed by atoms with van der Waals surface area (Å²) in [7, 11) is 0. The minimum absolute atomic E-state index is 0.0834. The lowest BCUT2D eigenvalue weighted by Gasteiger charge is -2.46. The highest BCUT2D eigenvalue weighted by Crippen LogP contribution is 2.50. The van der Waals surface area contributed by atoms with Crippen LogP contribution in [0.15, 0.2) is 76.4 Å². The zero-order valence-corrected chi connectivity index (χ0v) is 18.7. The Hall–Kier alpha value is -3.59. The van der Waals surface area contributed by atoms with Gasteiger partial charge < -0.3 is 9.47 Å². The molecule has 1 aliphatic rings. The van der Waals surface area contributed by atoms with Gasteiger partial charge in [0.05, 0.1) is 11.1 Å². The summed E-state index contributed by atoms with van der Waals surface area (Å²) in [6.45, 7) is 1.66. The summed E-state index contributed by atoms with van der Waals surface area (Å²) in [6.07, 6.45) is 1.88. The van der Waals surface area contributed by atoms with Crippen molar-refractivity contribution in [3.63, 3.8) is 0 Å². The van der Waals surface area contributed by atoms with E-state index in [2.05, 4.69) is 4.98 Å². The van der Waals surface area contributed by atoms with Gasteiger partial charge in [-0.1, -0.05) is 36.4 Å². The minimum Gasteiger partial charge on any atom is -0.461 e. The highest BCUT2D eigenvalue weighted by molar-refractivity contribution is 8.02. The van der Waals surface area contributed by atoms with Crippen molar-refractivity contribution in [1.29, 1.82) is 0 Å². The monoisotopic (exact) mass is 466 g/mol. The molecule has 1 aromatic heterocycles. The maximum atomic E-state index is 12.6. The number of aryl methyl sites for hydroxylation is 1. The number of carbonyl (C=O) groups excluding carboxylic acids is 2. The number of rotatable bonds is 7. The molecule has 1 aliphatic heterocycles. The number of nitrogens with one attached hydrogen (secondary N) is 1. The molecule has 2 aromatic carbocycles. The van der Waals surface area contributed by atoms with E-state index in [9.17, 15) is 19.2 Å².